The quantitative estimate of drug-likeness (QED) is 0.262. The minimum Gasteiger partial charge on any atom is -0.376 e. The molecule has 0 saturated heterocycles. The molecule has 1 aliphatic rings. The Kier molecular flexibility index (Phi) is 7.65. The predicted octanol–water partition coefficient (Wildman–Crippen LogP) is 7.20. The highest BCUT2D eigenvalue weighted by Gasteiger charge is 2.22. The van der Waals surface area contributed by atoms with Gasteiger partial charge in [0.15, 0.2) is 0 Å². The fourth-order valence-corrected chi connectivity index (χ4v) is 6.10. The standard InChI is InChI=1S/C22H22BrNOS2.ClH/c1-24(2)10-5-11-25-14-16-13-19-17-6-3-4-7-20(17)27-21-12-15(23)8-9-18(21)22(19)26-16;/h3-4,6-9,12-13H,5,10-11,14H2,1-2H3;1H. The van der Waals surface area contributed by atoms with Crippen molar-refractivity contribution in [2.24, 2.45) is 0 Å². The van der Waals surface area contributed by atoms with Crippen molar-refractivity contribution in [1.82, 2.24) is 4.90 Å². The monoisotopic (exact) mass is 495 g/mol. The molecule has 0 bridgehead atoms. The second kappa shape index (κ2) is 9.79. The van der Waals surface area contributed by atoms with Gasteiger partial charge in [0.1, 0.15) is 0 Å². The summed E-state index contributed by atoms with van der Waals surface area (Å²) >= 11 is 7.34. The molecule has 6 heteroatoms. The van der Waals surface area contributed by atoms with Crippen LogP contribution in [-0.2, 0) is 11.3 Å². The van der Waals surface area contributed by atoms with Gasteiger partial charge in [-0.15, -0.1) is 23.7 Å². The number of benzene rings is 2. The second-order valence-electron chi connectivity index (χ2n) is 6.90. The summed E-state index contributed by atoms with van der Waals surface area (Å²) in [6, 6.07) is 17.6. The smallest absolute Gasteiger partial charge is 0.0809 e. The second-order valence-corrected chi connectivity index (χ2v) is 10.0. The highest BCUT2D eigenvalue weighted by Crippen LogP contribution is 2.51. The number of hydrogen-bond donors (Lipinski definition) is 0. The number of nitrogens with zero attached hydrogens (tertiary/aromatic N) is 1. The first-order chi connectivity index (χ1) is 13.1. The lowest BCUT2D eigenvalue weighted by Gasteiger charge is -2.09. The molecule has 0 saturated carbocycles. The summed E-state index contributed by atoms with van der Waals surface area (Å²) in [5.74, 6) is 0. The van der Waals surface area contributed by atoms with Crippen LogP contribution < -0.4 is 0 Å². The lowest BCUT2D eigenvalue weighted by molar-refractivity contribution is 0.115. The molecule has 0 aliphatic carbocycles. The van der Waals surface area contributed by atoms with Crippen molar-refractivity contribution < 1.29 is 4.74 Å². The summed E-state index contributed by atoms with van der Waals surface area (Å²) in [5, 5.41) is 0. The molecule has 2 heterocycles. The van der Waals surface area contributed by atoms with Crippen LogP contribution in [0.4, 0.5) is 0 Å². The Morgan fingerprint density at radius 2 is 1.79 bits per heavy atom. The van der Waals surface area contributed by atoms with E-state index in [-0.39, 0.29) is 12.4 Å². The minimum absolute atomic E-state index is 0. The normalized spacial score (nSPS) is 12.0. The molecule has 28 heavy (non-hydrogen) atoms. The van der Waals surface area contributed by atoms with Gasteiger partial charge in [0.25, 0.3) is 0 Å². The van der Waals surface area contributed by atoms with Gasteiger partial charge in [-0.1, -0.05) is 52.0 Å². The van der Waals surface area contributed by atoms with Gasteiger partial charge in [0, 0.05) is 41.8 Å². The molecule has 1 aromatic heterocycles. The van der Waals surface area contributed by atoms with Gasteiger partial charge in [-0.05, 0) is 56.9 Å². The first kappa shape index (κ1) is 21.9. The van der Waals surface area contributed by atoms with E-state index in [1.807, 2.05) is 23.1 Å². The van der Waals surface area contributed by atoms with Crippen molar-refractivity contribution >= 4 is 51.4 Å². The molecule has 2 aromatic carbocycles. The number of halogens is 2. The highest BCUT2D eigenvalue weighted by atomic mass is 79.9. The topological polar surface area (TPSA) is 12.5 Å². The third kappa shape index (κ3) is 4.84. The van der Waals surface area contributed by atoms with E-state index in [4.69, 9.17) is 4.74 Å². The summed E-state index contributed by atoms with van der Waals surface area (Å²) in [6.07, 6.45) is 1.06. The van der Waals surface area contributed by atoms with E-state index >= 15 is 0 Å². The van der Waals surface area contributed by atoms with Crippen molar-refractivity contribution in [2.75, 3.05) is 27.2 Å². The van der Waals surface area contributed by atoms with Crippen LogP contribution in [0.1, 0.15) is 11.3 Å². The summed E-state index contributed by atoms with van der Waals surface area (Å²) in [5.41, 5.74) is 3.97. The molecule has 0 fully saturated rings. The highest BCUT2D eigenvalue weighted by molar-refractivity contribution is 9.10. The average Bonchev–Trinajstić information content (AvgIpc) is 3.00. The molecule has 0 atom stereocenters. The number of rotatable bonds is 6. The van der Waals surface area contributed by atoms with E-state index in [2.05, 4.69) is 83.5 Å². The van der Waals surface area contributed by atoms with Gasteiger partial charge in [-0.25, -0.2) is 0 Å². The zero-order valence-electron chi connectivity index (χ0n) is 15.9. The molecular weight excluding hydrogens is 474 g/mol. The Bertz CT molecular complexity index is 957. The maximum absolute atomic E-state index is 5.95. The molecule has 1 aliphatic heterocycles. The Labute approximate surface area is 189 Å². The van der Waals surface area contributed by atoms with Crippen molar-refractivity contribution in [1.29, 1.82) is 0 Å². The van der Waals surface area contributed by atoms with Crippen molar-refractivity contribution in [3.63, 3.8) is 0 Å². The van der Waals surface area contributed by atoms with E-state index in [0.717, 1.165) is 24.0 Å². The summed E-state index contributed by atoms with van der Waals surface area (Å²) in [4.78, 5) is 7.45. The summed E-state index contributed by atoms with van der Waals surface area (Å²) in [7, 11) is 4.20. The Morgan fingerprint density at radius 1 is 0.964 bits per heavy atom. The number of ether oxygens (including phenoxy) is 1. The van der Waals surface area contributed by atoms with Gasteiger partial charge in [0.2, 0.25) is 0 Å². The summed E-state index contributed by atoms with van der Waals surface area (Å²) in [6.45, 7) is 2.55. The van der Waals surface area contributed by atoms with Crippen LogP contribution in [0, 0.1) is 0 Å². The fraction of sp³-hybridized carbons (Fsp3) is 0.273. The fourth-order valence-electron chi connectivity index (χ4n) is 3.23. The van der Waals surface area contributed by atoms with Gasteiger partial charge in [-0.3, -0.25) is 0 Å². The Hall–Kier alpha value is -0.820. The molecule has 0 spiro atoms. The number of thiophene rings is 1. The molecular formula is C22H23BrClNOS2. The van der Waals surface area contributed by atoms with E-state index in [1.165, 1.54) is 36.2 Å². The van der Waals surface area contributed by atoms with Crippen molar-refractivity contribution in [3.05, 3.63) is 57.9 Å². The first-order valence-corrected chi connectivity index (χ1v) is 11.5. The zero-order chi connectivity index (χ0) is 18.8. The lowest BCUT2D eigenvalue weighted by Crippen LogP contribution is -2.14. The van der Waals surface area contributed by atoms with E-state index in [0.29, 0.717) is 6.61 Å². The van der Waals surface area contributed by atoms with Gasteiger partial charge < -0.3 is 9.64 Å². The molecule has 4 rings (SSSR count). The third-order valence-electron chi connectivity index (χ3n) is 4.51. The van der Waals surface area contributed by atoms with Crippen LogP contribution in [0.15, 0.2) is 62.8 Å². The van der Waals surface area contributed by atoms with E-state index in [1.54, 1.807) is 0 Å². The van der Waals surface area contributed by atoms with E-state index in [9.17, 15) is 0 Å². The zero-order valence-corrected chi connectivity index (χ0v) is 19.9. The van der Waals surface area contributed by atoms with Crippen LogP contribution in [-0.4, -0.2) is 32.1 Å². The van der Waals surface area contributed by atoms with Gasteiger partial charge >= 0.3 is 0 Å². The van der Waals surface area contributed by atoms with Gasteiger partial charge in [-0.2, -0.15) is 0 Å². The van der Waals surface area contributed by atoms with Crippen LogP contribution in [0.5, 0.6) is 0 Å². The molecule has 0 amide bonds. The van der Waals surface area contributed by atoms with Crippen molar-refractivity contribution in [2.45, 2.75) is 22.8 Å². The predicted molar refractivity (Wildman–Crippen MR) is 127 cm³/mol. The summed E-state index contributed by atoms with van der Waals surface area (Å²) < 4.78 is 7.07. The van der Waals surface area contributed by atoms with Crippen molar-refractivity contribution in [3.8, 4) is 21.6 Å². The molecule has 0 N–H and O–H groups in total. The molecule has 0 unspecified atom stereocenters. The lowest BCUT2D eigenvalue weighted by atomic mass is 10.0. The number of fused-ring (bicyclic) bond motifs is 5. The van der Waals surface area contributed by atoms with Crippen LogP contribution in [0.3, 0.4) is 0 Å². The Balaban J connectivity index is 0.00000225. The first-order valence-electron chi connectivity index (χ1n) is 9.04. The average molecular weight is 497 g/mol. The van der Waals surface area contributed by atoms with Crippen LogP contribution in [0.25, 0.3) is 21.6 Å². The SMILES string of the molecule is CN(C)CCCOCc1cc2c(s1)-c1ccc(Br)cc1Sc1ccccc1-2.Cl. The maximum Gasteiger partial charge on any atom is 0.0809 e. The minimum atomic E-state index is 0. The molecule has 3 aromatic rings. The molecule has 2 nitrogen and oxygen atoms in total. The van der Waals surface area contributed by atoms with E-state index < -0.39 is 0 Å². The largest absolute Gasteiger partial charge is 0.376 e. The maximum atomic E-state index is 5.95. The molecule has 148 valence electrons. The third-order valence-corrected chi connectivity index (χ3v) is 7.28. The van der Waals surface area contributed by atoms with Crippen LogP contribution in [0.2, 0.25) is 0 Å². The Morgan fingerprint density at radius 3 is 2.61 bits per heavy atom. The van der Waals surface area contributed by atoms with Crippen LogP contribution >= 0.6 is 51.4 Å². The molecule has 0 radical (unpaired) electrons. The number of hydrogen-bond acceptors (Lipinski definition) is 4. The van der Waals surface area contributed by atoms with Gasteiger partial charge in [0.05, 0.1) is 6.61 Å².